The lowest BCUT2D eigenvalue weighted by atomic mass is 10.2. The van der Waals surface area contributed by atoms with Gasteiger partial charge in [0.05, 0.1) is 5.69 Å². The lowest BCUT2D eigenvalue weighted by molar-refractivity contribution is 0.104. The van der Waals surface area contributed by atoms with E-state index < -0.39 is 0 Å². The Morgan fingerprint density at radius 2 is 2.14 bits per heavy atom. The van der Waals surface area contributed by atoms with Gasteiger partial charge >= 0.3 is 0 Å². The zero-order valence-electron chi connectivity index (χ0n) is 8.03. The quantitative estimate of drug-likeness (QED) is 0.520. The van der Waals surface area contributed by atoms with Gasteiger partial charge in [-0.15, -0.1) is 0 Å². The summed E-state index contributed by atoms with van der Waals surface area (Å²) in [4.78, 5) is 11.5. The first-order valence-corrected chi connectivity index (χ1v) is 4.45. The smallest absolute Gasteiger partial charge is 0.201 e. The number of benzene rings is 1. The first-order chi connectivity index (χ1) is 6.74. The third-order valence-corrected chi connectivity index (χ3v) is 2.39. The molecule has 1 aromatic heterocycles. The fourth-order valence-electron chi connectivity index (χ4n) is 1.63. The van der Waals surface area contributed by atoms with Crippen LogP contribution in [0.5, 0.6) is 0 Å². The normalized spacial score (nSPS) is 10.4. The average molecular weight is 185 g/mol. The van der Waals surface area contributed by atoms with Gasteiger partial charge in [-0.3, -0.25) is 4.79 Å². The summed E-state index contributed by atoms with van der Waals surface area (Å²) in [6.45, 7) is 3.49. The van der Waals surface area contributed by atoms with Crippen molar-refractivity contribution in [1.29, 1.82) is 0 Å². The van der Waals surface area contributed by atoms with Crippen LogP contribution in [0.1, 0.15) is 10.5 Å². The van der Waals surface area contributed by atoms with Crippen LogP contribution in [0.2, 0.25) is 0 Å². The number of nitrogens with zero attached hydrogens (tertiary/aromatic N) is 1. The van der Waals surface area contributed by atoms with E-state index in [1.54, 1.807) is 0 Å². The Morgan fingerprint density at radius 3 is 2.79 bits per heavy atom. The van der Waals surface area contributed by atoms with Crippen LogP contribution in [0, 0.1) is 0 Å². The van der Waals surface area contributed by atoms with Gasteiger partial charge in [0, 0.05) is 18.0 Å². The second kappa shape index (κ2) is 3.14. The number of hydrogen-bond acceptors (Lipinski definition) is 1. The van der Waals surface area contributed by atoms with E-state index in [0.29, 0.717) is 5.69 Å². The molecule has 0 amide bonds. The first kappa shape index (κ1) is 8.75. The highest BCUT2D eigenvalue weighted by Gasteiger charge is 2.09. The number of allylic oxidation sites excluding steroid dienone is 1. The van der Waals surface area contributed by atoms with E-state index in [2.05, 4.69) is 6.58 Å². The summed E-state index contributed by atoms with van der Waals surface area (Å²) in [5, 5.41) is 1.08. The third kappa shape index (κ3) is 1.16. The Kier molecular flexibility index (Phi) is 1.97. The molecule has 0 fully saturated rings. The molecule has 14 heavy (non-hydrogen) atoms. The molecule has 0 atom stereocenters. The van der Waals surface area contributed by atoms with Crippen LogP contribution in [0.15, 0.2) is 43.0 Å². The Bertz CT molecular complexity index is 508. The minimum atomic E-state index is -0.0382. The lowest BCUT2D eigenvalue weighted by Gasteiger charge is -1.99. The molecule has 0 N–H and O–H groups in total. The summed E-state index contributed by atoms with van der Waals surface area (Å²) in [5.74, 6) is -0.0382. The van der Waals surface area contributed by atoms with Crippen LogP contribution in [-0.4, -0.2) is 10.4 Å². The third-order valence-electron chi connectivity index (χ3n) is 2.39. The molecule has 0 saturated heterocycles. The van der Waals surface area contributed by atoms with Crippen molar-refractivity contribution in [3.63, 3.8) is 0 Å². The number of carbonyl (C=O) groups is 1. The van der Waals surface area contributed by atoms with Crippen LogP contribution in [-0.2, 0) is 7.05 Å². The summed E-state index contributed by atoms with van der Waals surface area (Å²) in [5.41, 5.74) is 1.75. The van der Waals surface area contributed by atoms with Gasteiger partial charge in [0.2, 0.25) is 5.78 Å². The zero-order chi connectivity index (χ0) is 10.1. The molecule has 1 aromatic carbocycles. The molecule has 0 bridgehead atoms. The highest BCUT2D eigenvalue weighted by atomic mass is 16.1. The molecule has 1 heterocycles. The number of aromatic nitrogens is 1. The maximum atomic E-state index is 11.5. The molecular formula is C12H11NO. The number of ketones is 1. The zero-order valence-corrected chi connectivity index (χ0v) is 8.03. The predicted molar refractivity (Wildman–Crippen MR) is 57.4 cm³/mol. The lowest BCUT2D eigenvalue weighted by Crippen LogP contribution is -2.01. The molecule has 2 aromatic rings. The van der Waals surface area contributed by atoms with Crippen molar-refractivity contribution in [2.45, 2.75) is 0 Å². The number of rotatable bonds is 2. The number of para-hydroxylation sites is 1. The van der Waals surface area contributed by atoms with Crippen molar-refractivity contribution in [3.05, 3.63) is 48.7 Å². The van der Waals surface area contributed by atoms with Crippen LogP contribution >= 0.6 is 0 Å². The number of aryl methyl sites for hydroxylation is 1. The molecule has 0 aliphatic rings. The van der Waals surface area contributed by atoms with E-state index >= 15 is 0 Å². The monoisotopic (exact) mass is 185 g/mol. The van der Waals surface area contributed by atoms with Crippen molar-refractivity contribution in [2.24, 2.45) is 7.05 Å². The van der Waals surface area contributed by atoms with Crippen molar-refractivity contribution in [3.8, 4) is 0 Å². The van der Waals surface area contributed by atoms with Gasteiger partial charge in [-0.25, -0.2) is 0 Å². The maximum Gasteiger partial charge on any atom is 0.201 e. The van der Waals surface area contributed by atoms with Crippen molar-refractivity contribution < 1.29 is 4.79 Å². The van der Waals surface area contributed by atoms with E-state index in [4.69, 9.17) is 0 Å². The minimum Gasteiger partial charge on any atom is -0.341 e. The predicted octanol–water partition coefficient (Wildman–Crippen LogP) is 2.55. The van der Waals surface area contributed by atoms with Gasteiger partial charge in [0.25, 0.3) is 0 Å². The number of carbonyl (C=O) groups excluding carboxylic acids is 1. The SMILES string of the molecule is C=CC(=O)c1cc2ccccc2n1C. The molecule has 2 heteroatoms. The number of hydrogen-bond donors (Lipinski definition) is 0. The summed E-state index contributed by atoms with van der Waals surface area (Å²) in [7, 11) is 1.89. The first-order valence-electron chi connectivity index (χ1n) is 4.45. The molecule has 2 rings (SSSR count). The Morgan fingerprint density at radius 1 is 1.43 bits per heavy atom. The average Bonchev–Trinajstić information content (AvgIpc) is 2.56. The summed E-state index contributed by atoms with van der Waals surface area (Å²) in [6, 6.07) is 9.80. The van der Waals surface area contributed by atoms with Gasteiger partial charge in [-0.2, -0.15) is 0 Å². The van der Waals surface area contributed by atoms with Crippen LogP contribution < -0.4 is 0 Å². The standard InChI is InChI=1S/C12H11NO/c1-3-12(14)11-8-9-6-4-5-7-10(9)13(11)2/h3-8H,1H2,2H3. The number of fused-ring (bicyclic) bond motifs is 1. The summed E-state index contributed by atoms with van der Waals surface area (Å²) in [6.07, 6.45) is 1.34. The molecule has 0 saturated carbocycles. The Balaban J connectivity index is 2.74. The topological polar surface area (TPSA) is 22.0 Å². The Labute approximate surface area is 82.5 Å². The fraction of sp³-hybridized carbons (Fsp3) is 0.0833. The Hall–Kier alpha value is -1.83. The van der Waals surface area contributed by atoms with Crippen molar-refractivity contribution in [2.75, 3.05) is 0 Å². The van der Waals surface area contributed by atoms with E-state index in [1.807, 2.05) is 41.9 Å². The van der Waals surface area contributed by atoms with Gasteiger partial charge in [-0.05, 0) is 18.2 Å². The molecule has 2 nitrogen and oxygen atoms in total. The van der Waals surface area contributed by atoms with E-state index in [1.165, 1.54) is 6.08 Å². The summed E-state index contributed by atoms with van der Waals surface area (Å²) < 4.78 is 1.89. The second-order valence-electron chi connectivity index (χ2n) is 3.22. The van der Waals surface area contributed by atoms with Crippen LogP contribution in [0.4, 0.5) is 0 Å². The van der Waals surface area contributed by atoms with Crippen LogP contribution in [0.3, 0.4) is 0 Å². The molecule has 0 unspecified atom stereocenters. The summed E-state index contributed by atoms with van der Waals surface area (Å²) >= 11 is 0. The molecule has 0 aliphatic carbocycles. The fourth-order valence-corrected chi connectivity index (χ4v) is 1.63. The van der Waals surface area contributed by atoms with Gasteiger partial charge in [0.1, 0.15) is 0 Å². The van der Waals surface area contributed by atoms with Gasteiger partial charge in [-0.1, -0.05) is 24.8 Å². The molecule has 0 spiro atoms. The van der Waals surface area contributed by atoms with E-state index in [0.717, 1.165) is 10.9 Å². The molecule has 0 radical (unpaired) electrons. The molecule has 70 valence electrons. The maximum absolute atomic E-state index is 11.5. The van der Waals surface area contributed by atoms with Crippen LogP contribution in [0.25, 0.3) is 10.9 Å². The molecule has 0 aliphatic heterocycles. The highest BCUT2D eigenvalue weighted by molar-refractivity contribution is 6.06. The van der Waals surface area contributed by atoms with Crippen molar-refractivity contribution in [1.82, 2.24) is 4.57 Å². The van der Waals surface area contributed by atoms with E-state index in [-0.39, 0.29) is 5.78 Å². The molecular weight excluding hydrogens is 174 g/mol. The van der Waals surface area contributed by atoms with Crippen molar-refractivity contribution >= 4 is 16.7 Å². The minimum absolute atomic E-state index is 0.0382. The van der Waals surface area contributed by atoms with Gasteiger partial charge in [0.15, 0.2) is 0 Å². The largest absolute Gasteiger partial charge is 0.341 e. The second-order valence-corrected chi connectivity index (χ2v) is 3.22. The van der Waals surface area contributed by atoms with E-state index in [9.17, 15) is 4.79 Å². The van der Waals surface area contributed by atoms with Gasteiger partial charge < -0.3 is 4.57 Å². The highest BCUT2D eigenvalue weighted by Crippen LogP contribution is 2.18.